The Morgan fingerprint density at radius 3 is 1.92 bits per heavy atom. The first-order valence-corrected chi connectivity index (χ1v) is 9.70. The number of anilines is 2. The van der Waals surface area contributed by atoms with E-state index in [0.29, 0.717) is 0 Å². The Balaban J connectivity index is 1.37. The van der Waals surface area contributed by atoms with Gasteiger partial charge in [0.05, 0.1) is 18.9 Å². The second-order valence-electron chi connectivity index (χ2n) is 7.01. The van der Waals surface area contributed by atoms with Crippen molar-refractivity contribution in [3.05, 3.63) is 54.1 Å². The molecule has 0 aromatic heterocycles. The second kappa shape index (κ2) is 8.37. The van der Waals surface area contributed by atoms with Crippen molar-refractivity contribution < 1.29 is 4.74 Å². The number of benzene rings is 2. The van der Waals surface area contributed by atoms with Crippen molar-refractivity contribution in [2.24, 2.45) is 4.99 Å². The molecule has 4 nitrogen and oxygen atoms in total. The third kappa shape index (κ3) is 4.25. The van der Waals surface area contributed by atoms with Gasteiger partial charge in [0.25, 0.3) is 0 Å². The monoisotopic (exact) mass is 349 g/mol. The molecule has 0 saturated carbocycles. The lowest BCUT2D eigenvalue weighted by molar-refractivity contribution is 0.122. The van der Waals surface area contributed by atoms with Gasteiger partial charge < -0.3 is 14.5 Å². The van der Waals surface area contributed by atoms with E-state index >= 15 is 0 Å². The van der Waals surface area contributed by atoms with Crippen molar-refractivity contribution in [3.63, 3.8) is 0 Å². The quantitative estimate of drug-likeness (QED) is 0.772. The van der Waals surface area contributed by atoms with E-state index in [1.807, 2.05) is 6.21 Å². The molecule has 2 aliphatic rings. The average molecular weight is 349 g/mol. The number of ether oxygens (including phenoxy) is 1. The molecule has 0 aliphatic carbocycles. The molecule has 2 aliphatic heterocycles. The molecule has 2 fully saturated rings. The molecule has 2 aromatic carbocycles. The van der Waals surface area contributed by atoms with Crippen molar-refractivity contribution in [2.45, 2.75) is 19.3 Å². The maximum atomic E-state index is 5.41. The SMILES string of the molecule is C(=Nc1ccc(N2CCOCC2)cc1)c1ccc(N2CCCCC2)cc1. The van der Waals surface area contributed by atoms with Gasteiger partial charge >= 0.3 is 0 Å². The third-order valence-corrected chi connectivity index (χ3v) is 5.20. The van der Waals surface area contributed by atoms with Gasteiger partial charge in [0.15, 0.2) is 0 Å². The average Bonchev–Trinajstić information content (AvgIpc) is 2.74. The van der Waals surface area contributed by atoms with E-state index in [2.05, 4.69) is 63.3 Å². The summed E-state index contributed by atoms with van der Waals surface area (Å²) in [5, 5.41) is 0. The van der Waals surface area contributed by atoms with Gasteiger partial charge in [-0.05, 0) is 61.2 Å². The van der Waals surface area contributed by atoms with Crippen molar-refractivity contribution >= 4 is 23.3 Å². The lowest BCUT2D eigenvalue weighted by Gasteiger charge is -2.28. The summed E-state index contributed by atoms with van der Waals surface area (Å²) in [7, 11) is 0. The summed E-state index contributed by atoms with van der Waals surface area (Å²) < 4.78 is 5.41. The van der Waals surface area contributed by atoms with Gasteiger partial charge in [-0.3, -0.25) is 4.99 Å². The molecule has 136 valence electrons. The van der Waals surface area contributed by atoms with Crippen LogP contribution in [0.2, 0.25) is 0 Å². The first kappa shape index (κ1) is 17.1. The summed E-state index contributed by atoms with van der Waals surface area (Å²) in [5.74, 6) is 0. The van der Waals surface area contributed by atoms with Crippen LogP contribution < -0.4 is 9.80 Å². The number of hydrogen-bond donors (Lipinski definition) is 0. The van der Waals surface area contributed by atoms with Crippen molar-refractivity contribution in [1.29, 1.82) is 0 Å². The zero-order valence-corrected chi connectivity index (χ0v) is 15.3. The Bertz CT molecular complexity index is 649. The van der Waals surface area contributed by atoms with Crippen LogP contribution in [0.3, 0.4) is 0 Å². The topological polar surface area (TPSA) is 28.1 Å². The predicted molar refractivity (Wildman–Crippen MR) is 109 cm³/mol. The highest BCUT2D eigenvalue weighted by Crippen LogP contribution is 2.22. The second-order valence-corrected chi connectivity index (χ2v) is 7.01. The van der Waals surface area contributed by atoms with Crippen LogP contribution in [0.25, 0.3) is 0 Å². The molecule has 2 aromatic rings. The minimum atomic E-state index is 0.813. The summed E-state index contributed by atoms with van der Waals surface area (Å²) in [5.41, 5.74) is 4.71. The molecule has 0 unspecified atom stereocenters. The molecular formula is C22H27N3O. The van der Waals surface area contributed by atoms with Gasteiger partial charge in [0.1, 0.15) is 0 Å². The van der Waals surface area contributed by atoms with Crippen LogP contribution in [0.4, 0.5) is 17.1 Å². The van der Waals surface area contributed by atoms with Crippen LogP contribution in [0, 0.1) is 0 Å². The summed E-state index contributed by atoms with van der Waals surface area (Å²) >= 11 is 0. The van der Waals surface area contributed by atoms with Crippen LogP contribution >= 0.6 is 0 Å². The molecule has 0 radical (unpaired) electrons. The van der Waals surface area contributed by atoms with Crippen molar-refractivity contribution in [1.82, 2.24) is 0 Å². The largest absolute Gasteiger partial charge is 0.378 e. The number of morpholine rings is 1. The van der Waals surface area contributed by atoms with Gasteiger partial charge in [-0.25, -0.2) is 0 Å². The maximum Gasteiger partial charge on any atom is 0.0642 e. The predicted octanol–water partition coefficient (Wildman–Crippen LogP) is 4.26. The summed E-state index contributed by atoms with van der Waals surface area (Å²) in [6, 6.07) is 17.2. The van der Waals surface area contributed by atoms with E-state index in [0.717, 1.165) is 37.6 Å². The Morgan fingerprint density at radius 1 is 0.692 bits per heavy atom. The lowest BCUT2D eigenvalue weighted by atomic mass is 10.1. The Hall–Kier alpha value is -2.33. The molecule has 0 spiro atoms. The standard InChI is InChI=1S/C22H27N3O/c1-2-12-24(13-3-1)21-8-4-19(5-9-21)18-23-20-6-10-22(11-7-20)25-14-16-26-17-15-25/h4-11,18H,1-3,12-17H2. The highest BCUT2D eigenvalue weighted by Gasteiger charge is 2.11. The van der Waals surface area contributed by atoms with E-state index in [4.69, 9.17) is 4.74 Å². The van der Waals surface area contributed by atoms with Gasteiger partial charge in [0.2, 0.25) is 0 Å². The van der Waals surface area contributed by atoms with Crippen LogP contribution in [-0.4, -0.2) is 45.6 Å². The first-order chi connectivity index (χ1) is 12.9. The van der Waals surface area contributed by atoms with E-state index in [1.54, 1.807) is 0 Å². The summed E-state index contributed by atoms with van der Waals surface area (Å²) in [6.45, 7) is 5.92. The molecule has 0 amide bonds. The molecule has 0 atom stereocenters. The number of piperidine rings is 1. The minimum Gasteiger partial charge on any atom is -0.378 e. The maximum absolute atomic E-state index is 5.41. The van der Waals surface area contributed by atoms with Gasteiger partial charge in [-0.1, -0.05) is 12.1 Å². The minimum absolute atomic E-state index is 0.813. The summed E-state index contributed by atoms with van der Waals surface area (Å²) in [4.78, 5) is 9.46. The Morgan fingerprint density at radius 2 is 1.27 bits per heavy atom. The highest BCUT2D eigenvalue weighted by molar-refractivity contribution is 5.82. The van der Waals surface area contributed by atoms with E-state index in [-0.39, 0.29) is 0 Å². The number of aliphatic imine (C=N–C) groups is 1. The Kier molecular flexibility index (Phi) is 5.50. The molecule has 4 rings (SSSR count). The third-order valence-electron chi connectivity index (χ3n) is 5.20. The van der Waals surface area contributed by atoms with E-state index in [9.17, 15) is 0 Å². The molecular weight excluding hydrogens is 322 g/mol. The highest BCUT2D eigenvalue weighted by atomic mass is 16.5. The van der Waals surface area contributed by atoms with Crippen LogP contribution in [0.15, 0.2) is 53.5 Å². The van der Waals surface area contributed by atoms with Gasteiger partial charge in [-0.15, -0.1) is 0 Å². The van der Waals surface area contributed by atoms with Crippen LogP contribution in [0.1, 0.15) is 24.8 Å². The number of rotatable bonds is 4. The number of nitrogens with zero attached hydrogens (tertiary/aromatic N) is 3. The van der Waals surface area contributed by atoms with E-state index in [1.165, 1.54) is 43.7 Å². The van der Waals surface area contributed by atoms with Crippen molar-refractivity contribution in [2.75, 3.05) is 49.2 Å². The molecule has 2 heterocycles. The van der Waals surface area contributed by atoms with Crippen LogP contribution in [-0.2, 0) is 4.74 Å². The van der Waals surface area contributed by atoms with E-state index < -0.39 is 0 Å². The molecule has 2 saturated heterocycles. The fourth-order valence-corrected chi connectivity index (χ4v) is 3.64. The zero-order valence-electron chi connectivity index (χ0n) is 15.3. The normalized spacial score (nSPS) is 18.5. The zero-order chi connectivity index (χ0) is 17.6. The molecule has 26 heavy (non-hydrogen) atoms. The fourth-order valence-electron chi connectivity index (χ4n) is 3.64. The lowest BCUT2D eigenvalue weighted by Crippen LogP contribution is -2.36. The smallest absolute Gasteiger partial charge is 0.0642 e. The molecule has 0 N–H and O–H groups in total. The number of hydrogen-bond acceptors (Lipinski definition) is 4. The molecule has 4 heteroatoms. The fraction of sp³-hybridized carbons (Fsp3) is 0.409. The van der Waals surface area contributed by atoms with Gasteiger partial charge in [-0.2, -0.15) is 0 Å². The Labute approximate surface area is 156 Å². The first-order valence-electron chi connectivity index (χ1n) is 9.70. The summed E-state index contributed by atoms with van der Waals surface area (Å²) in [6.07, 6.45) is 5.93. The molecule has 0 bridgehead atoms. The van der Waals surface area contributed by atoms with Crippen molar-refractivity contribution in [3.8, 4) is 0 Å². The van der Waals surface area contributed by atoms with Crippen LogP contribution in [0.5, 0.6) is 0 Å². The van der Waals surface area contributed by atoms with Gasteiger partial charge in [0, 0.05) is 43.8 Å².